The lowest BCUT2D eigenvalue weighted by Gasteiger charge is -2.44. The van der Waals surface area contributed by atoms with Crippen molar-refractivity contribution in [2.24, 2.45) is 5.92 Å². The summed E-state index contributed by atoms with van der Waals surface area (Å²) in [6.07, 6.45) is 0.577. The summed E-state index contributed by atoms with van der Waals surface area (Å²) in [6.45, 7) is 5.95. The highest BCUT2D eigenvalue weighted by Gasteiger charge is 2.43. The fourth-order valence-corrected chi connectivity index (χ4v) is 3.95. The maximum absolute atomic E-state index is 12.5. The second kappa shape index (κ2) is 8.92. The number of benzene rings is 1. The Hall–Kier alpha value is -1.51. The molecule has 1 amide bonds. The van der Waals surface area contributed by atoms with Crippen LogP contribution in [0.5, 0.6) is 0 Å². The van der Waals surface area contributed by atoms with Crippen LogP contribution in [0.1, 0.15) is 18.9 Å². The summed E-state index contributed by atoms with van der Waals surface area (Å²) in [7, 11) is 0. The first kappa shape index (κ1) is 20.8. The number of carbonyl (C=O) groups excluding carboxylic acids is 1. The molecule has 2 aliphatic rings. The lowest BCUT2D eigenvalue weighted by molar-refractivity contribution is -0.384. The highest BCUT2D eigenvalue weighted by atomic mass is 35.5. The predicted molar refractivity (Wildman–Crippen MR) is 104 cm³/mol. The maximum atomic E-state index is 12.5. The summed E-state index contributed by atoms with van der Waals surface area (Å²) in [5.74, 6) is 0.490. The number of nitrogens with zero attached hydrogens (tertiary/aromatic N) is 3. The molecule has 2 saturated heterocycles. The van der Waals surface area contributed by atoms with Gasteiger partial charge in [-0.05, 0) is 30.7 Å². The first-order valence-electron chi connectivity index (χ1n) is 8.55. The molecule has 7 nitrogen and oxygen atoms in total. The monoisotopic (exact) mass is 401 g/mol. The van der Waals surface area contributed by atoms with Gasteiger partial charge in [-0.3, -0.25) is 10.1 Å². The van der Waals surface area contributed by atoms with Gasteiger partial charge in [-0.2, -0.15) is 12.6 Å². The number of halogens is 1. The Labute approximate surface area is 164 Å². The summed E-state index contributed by atoms with van der Waals surface area (Å²) in [5, 5.41) is 10.9. The lowest BCUT2D eigenvalue weighted by Crippen LogP contribution is -2.55. The maximum Gasteiger partial charge on any atom is 0.410 e. The first-order valence-corrected chi connectivity index (χ1v) is 9.06. The van der Waals surface area contributed by atoms with Crippen molar-refractivity contribution in [1.82, 2.24) is 9.80 Å². The number of likely N-dealkylation sites (tertiary alicyclic amines) is 2. The third-order valence-electron chi connectivity index (χ3n) is 5.04. The Balaban J connectivity index is 0.00000243. The normalized spacial score (nSPS) is 23.2. The van der Waals surface area contributed by atoms with Crippen molar-refractivity contribution in [1.29, 1.82) is 0 Å². The molecule has 0 N–H and O–H groups in total. The van der Waals surface area contributed by atoms with Crippen molar-refractivity contribution in [3.05, 3.63) is 39.9 Å². The van der Waals surface area contributed by atoms with E-state index in [1.165, 1.54) is 12.1 Å². The van der Waals surface area contributed by atoms with Gasteiger partial charge in [-0.15, -0.1) is 12.4 Å². The molecular weight excluding hydrogens is 378 g/mol. The van der Waals surface area contributed by atoms with Gasteiger partial charge in [-0.1, -0.05) is 6.92 Å². The second-order valence-corrected chi connectivity index (χ2v) is 7.43. The number of rotatable bonds is 5. The highest BCUT2D eigenvalue weighted by molar-refractivity contribution is 7.81. The third-order valence-corrected chi connectivity index (χ3v) is 5.42. The molecule has 0 saturated carbocycles. The zero-order valence-electron chi connectivity index (χ0n) is 14.6. The molecule has 3 rings (SSSR count). The third kappa shape index (κ3) is 4.61. The van der Waals surface area contributed by atoms with E-state index in [1.807, 2.05) is 0 Å². The number of thiol groups is 1. The summed E-state index contributed by atoms with van der Waals surface area (Å²) in [4.78, 5) is 26.9. The van der Waals surface area contributed by atoms with Crippen molar-refractivity contribution in [3.63, 3.8) is 0 Å². The van der Waals surface area contributed by atoms with Crippen molar-refractivity contribution < 1.29 is 14.5 Å². The van der Waals surface area contributed by atoms with E-state index in [1.54, 1.807) is 17.0 Å². The van der Waals surface area contributed by atoms with Crippen LogP contribution in [0.15, 0.2) is 24.3 Å². The minimum absolute atomic E-state index is 0. The predicted octanol–water partition coefficient (Wildman–Crippen LogP) is 2.98. The van der Waals surface area contributed by atoms with E-state index in [2.05, 4.69) is 24.5 Å². The van der Waals surface area contributed by atoms with Crippen LogP contribution in [-0.4, -0.2) is 58.3 Å². The molecule has 144 valence electrons. The van der Waals surface area contributed by atoms with Crippen LogP contribution in [0.3, 0.4) is 0 Å². The molecule has 0 aromatic heterocycles. The van der Waals surface area contributed by atoms with Gasteiger partial charge in [0.25, 0.3) is 5.69 Å². The Kier molecular flexibility index (Phi) is 7.14. The van der Waals surface area contributed by atoms with Gasteiger partial charge >= 0.3 is 6.09 Å². The SMILES string of the molecule is CCN1CC([C@@H]2C[C@H](S)CN2C(=O)OCc2ccc([N+](=O)[O-])cc2)C1.Cl. The number of nitro benzene ring substituents is 1. The van der Waals surface area contributed by atoms with Gasteiger partial charge < -0.3 is 14.5 Å². The van der Waals surface area contributed by atoms with E-state index in [0.717, 1.165) is 31.6 Å². The molecule has 0 aliphatic carbocycles. The van der Waals surface area contributed by atoms with Crippen LogP contribution in [0.25, 0.3) is 0 Å². The second-order valence-electron chi connectivity index (χ2n) is 6.70. The van der Waals surface area contributed by atoms with Gasteiger partial charge in [0.2, 0.25) is 0 Å². The molecule has 0 spiro atoms. The average molecular weight is 402 g/mol. The minimum Gasteiger partial charge on any atom is -0.445 e. The largest absolute Gasteiger partial charge is 0.445 e. The van der Waals surface area contributed by atoms with E-state index >= 15 is 0 Å². The van der Waals surface area contributed by atoms with Crippen LogP contribution in [0, 0.1) is 16.0 Å². The Morgan fingerprint density at radius 1 is 1.31 bits per heavy atom. The molecule has 1 aromatic rings. The minimum atomic E-state index is -0.449. The van der Waals surface area contributed by atoms with Crippen LogP contribution in [0.4, 0.5) is 10.5 Å². The zero-order valence-corrected chi connectivity index (χ0v) is 16.3. The molecule has 2 heterocycles. The number of amides is 1. The Morgan fingerprint density at radius 3 is 2.54 bits per heavy atom. The van der Waals surface area contributed by atoms with Crippen molar-refractivity contribution in [2.75, 3.05) is 26.2 Å². The molecule has 0 radical (unpaired) electrons. The van der Waals surface area contributed by atoms with E-state index < -0.39 is 4.92 Å². The molecule has 0 unspecified atom stereocenters. The number of nitro groups is 1. The van der Waals surface area contributed by atoms with Crippen LogP contribution < -0.4 is 0 Å². The zero-order chi connectivity index (χ0) is 18.0. The van der Waals surface area contributed by atoms with Gasteiger partial charge in [0.1, 0.15) is 6.61 Å². The Bertz CT molecular complexity index is 639. The smallest absolute Gasteiger partial charge is 0.410 e. The topological polar surface area (TPSA) is 75.9 Å². The molecular formula is C17H24ClN3O4S. The molecule has 1 aromatic carbocycles. The van der Waals surface area contributed by atoms with Crippen LogP contribution in [-0.2, 0) is 11.3 Å². The summed E-state index contributed by atoms with van der Waals surface area (Å²) in [6, 6.07) is 6.24. The number of ether oxygens (including phenoxy) is 1. The summed E-state index contributed by atoms with van der Waals surface area (Å²) in [5.41, 5.74) is 0.760. The Morgan fingerprint density at radius 2 is 1.96 bits per heavy atom. The van der Waals surface area contributed by atoms with Crippen molar-refractivity contribution in [3.8, 4) is 0 Å². The van der Waals surface area contributed by atoms with E-state index in [-0.39, 0.29) is 42.1 Å². The van der Waals surface area contributed by atoms with Gasteiger partial charge in [0, 0.05) is 49.0 Å². The molecule has 9 heteroatoms. The molecule has 2 fully saturated rings. The number of non-ortho nitro benzene ring substituents is 1. The van der Waals surface area contributed by atoms with Gasteiger partial charge in [0.15, 0.2) is 0 Å². The standard InChI is InChI=1S/C17H23N3O4S.ClH/c1-2-18-8-13(9-18)16-7-15(25)10-19(16)17(21)24-11-12-3-5-14(6-4-12)20(22)23;/h3-6,13,15-16,25H,2,7-11H2,1H3;1H/t15-,16-;/m0./s1. The van der Waals surface area contributed by atoms with Crippen molar-refractivity contribution in [2.45, 2.75) is 31.2 Å². The fourth-order valence-electron chi connectivity index (χ4n) is 3.55. The van der Waals surface area contributed by atoms with E-state index in [4.69, 9.17) is 4.74 Å². The summed E-state index contributed by atoms with van der Waals surface area (Å²) < 4.78 is 5.43. The average Bonchev–Trinajstić information content (AvgIpc) is 2.93. The number of hydrogen-bond acceptors (Lipinski definition) is 6. The quantitative estimate of drug-likeness (QED) is 0.466. The first-order chi connectivity index (χ1) is 12.0. The number of carbonyl (C=O) groups is 1. The van der Waals surface area contributed by atoms with Crippen molar-refractivity contribution >= 4 is 36.8 Å². The lowest BCUT2D eigenvalue weighted by atomic mass is 9.90. The van der Waals surface area contributed by atoms with E-state index in [9.17, 15) is 14.9 Å². The fraction of sp³-hybridized carbons (Fsp3) is 0.588. The van der Waals surface area contributed by atoms with E-state index in [0.29, 0.717) is 12.5 Å². The highest BCUT2D eigenvalue weighted by Crippen LogP contribution is 2.32. The van der Waals surface area contributed by atoms with Crippen LogP contribution in [0.2, 0.25) is 0 Å². The molecule has 2 aliphatic heterocycles. The van der Waals surface area contributed by atoms with Gasteiger partial charge in [-0.25, -0.2) is 4.79 Å². The molecule has 0 bridgehead atoms. The molecule has 26 heavy (non-hydrogen) atoms. The number of hydrogen-bond donors (Lipinski definition) is 1. The summed E-state index contributed by atoms with van der Waals surface area (Å²) >= 11 is 4.55. The van der Waals surface area contributed by atoms with Gasteiger partial charge in [0.05, 0.1) is 4.92 Å². The van der Waals surface area contributed by atoms with Crippen LogP contribution >= 0.6 is 25.0 Å². The molecule has 2 atom stereocenters.